The summed E-state index contributed by atoms with van der Waals surface area (Å²) < 4.78 is 46.1. The summed E-state index contributed by atoms with van der Waals surface area (Å²) in [6, 6.07) is 10.1. The number of imidazole rings is 1. The largest absolute Gasteiger partial charge is 0.480 e. The van der Waals surface area contributed by atoms with Crippen LogP contribution in [0, 0.1) is 0 Å². The van der Waals surface area contributed by atoms with Crippen LogP contribution >= 0.6 is 0 Å². The number of pyridine rings is 1. The summed E-state index contributed by atoms with van der Waals surface area (Å²) in [6.07, 6.45) is -1.22. The molecule has 0 aliphatic heterocycles. The number of nitrogens with zero attached hydrogens (tertiary/aromatic N) is 5. The molecule has 0 spiro atoms. The van der Waals surface area contributed by atoms with Crippen LogP contribution in [0.4, 0.5) is 13.2 Å². The van der Waals surface area contributed by atoms with E-state index in [1.54, 1.807) is 41.1 Å². The molecule has 3 heterocycles. The summed E-state index contributed by atoms with van der Waals surface area (Å²) in [6.45, 7) is 3.68. The number of aromatic nitrogens is 5. The van der Waals surface area contributed by atoms with Crippen molar-refractivity contribution >= 4 is 17.1 Å². The molecular formula is C20H14F3N5O. The number of ether oxygens (including phenoxy) is 1. The minimum absolute atomic E-state index is 0.169. The van der Waals surface area contributed by atoms with E-state index in [9.17, 15) is 13.2 Å². The average Bonchev–Trinajstić information content (AvgIpc) is 3.12. The van der Waals surface area contributed by atoms with Gasteiger partial charge in [0.1, 0.15) is 5.69 Å². The van der Waals surface area contributed by atoms with Gasteiger partial charge >= 0.3 is 6.18 Å². The zero-order chi connectivity index (χ0) is 20.6. The van der Waals surface area contributed by atoms with Crippen molar-refractivity contribution in [2.45, 2.75) is 6.18 Å². The standard InChI is InChI=1S/C20H14F3N5O/c1-3-12-4-6-14(24-11-12)19-25-15-10-13(20(21,22)23)5-7-16(15)28(19)17-8-9-18(29-2)27-26-17/h3-11H,1H2,2H3. The van der Waals surface area contributed by atoms with Gasteiger partial charge < -0.3 is 4.74 Å². The molecule has 3 aromatic heterocycles. The highest BCUT2D eigenvalue weighted by Crippen LogP contribution is 2.33. The third kappa shape index (κ3) is 3.42. The number of rotatable bonds is 4. The highest BCUT2D eigenvalue weighted by Gasteiger charge is 2.31. The van der Waals surface area contributed by atoms with Gasteiger partial charge in [-0.2, -0.15) is 13.2 Å². The Hall–Kier alpha value is -3.75. The van der Waals surface area contributed by atoms with E-state index < -0.39 is 11.7 Å². The molecule has 0 bridgehead atoms. The van der Waals surface area contributed by atoms with Crippen molar-refractivity contribution in [2.75, 3.05) is 7.11 Å². The second-order valence-electron chi connectivity index (χ2n) is 6.09. The van der Waals surface area contributed by atoms with Gasteiger partial charge in [-0.1, -0.05) is 18.7 Å². The fourth-order valence-electron chi connectivity index (χ4n) is 2.86. The second-order valence-corrected chi connectivity index (χ2v) is 6.09. The van der Waals surface area contributed by atoms with Gasteiger partial charge in [-0.3, -0.25) is 9.55 Å². The summed E-state index contributed by atoms with van der Waals surface area (Å²) in [5.74, 6) is 1.03. The Balaban J connectivity index is 1.96. The van der Waals surface area contributed by atoms with Gasteiger partial charge in [-0.15, -0.1) is 10.2 Å². The van der Waals surface area contributed by atoms with Crippen LogP contribution in [-0.2, 0) is 6.18 Å². The Morgan fingerprint density at radius 1 is 1.07 bits per heavy atom. The van der Waals surface area contributed by atoms with Crippen molar-refractivity contribution in [2.24, 2.45) is 0 Å². The van der Waals surface area contributed by atoms with Crippen LogP contribution in [0.1, 0.15) is 11.1 Å². The van der Waals surface area contributed by atoms with Gasteiger partial charge in [0.05, 0.1) is 23.7 Å². The number of fused-ring (bicyclic) bond motifs is 1. The highest BCUT2D eigenvalue weighted by atomic mass is 19.4. The van der Waals surface area contributed by atoms with E-state index in [2.05, 4.69) is 26.7 Å². The Kier molecular flexibility index (Phi) is 4.50. The quantitative estimate of drug-likeness (QED) is 0.506. The van der Waals surface area contributed by atoms with Crippen LogP contribution in [0.3, 0.4) is 0 Å². The normalized spacial score (nSPS) is 11.6. The predicted octanol–water partition coefficient (Wildman–Crippen LogP) is 4.55. The van der Waals surface area contributed by atoms with Crippen LogP contribution in [0.2, 0.25) is 0 Å². The number of hydrogen-bond acceptors (Lipinski definition) is 5. The van der Waals surface area contributed by atoms with Crippen LogP contribution in [0.5, 0.6) is 5.88 Å². The molecule has 0 N–H and O–H groups in total. The van der Waals surface area contributed by atoms with E-state index in [0.29, 0.717) is 28.7 Å². The molecule has 4 aromatic rings. The number of halogens is 3. The van der Waals surface area contributed by atoms with Gasteiger partial charge in [0.15, 0.2) is 11.6 Å². The molecule has 0 atom stereocenters. The van der Waals surface area contributed by atoms with E-state index >= 15 is 0 Å². The van der Waals surface area contributed by atoms with Crippen molar-refractivity contribution in [3.63, 3.8) is 0 Å². The minimum atomic E-state index is -4.47. The maximum Gasteiger partial charge on any atom is 0.416 e. The molecule has 0 saturated heterocycles. The fraction of sp³-hybridized carbons (Fsp3) is 0.100. The summed E-state index contributed by atoms with van der Waals surface area (Å²) in [4.78, 5) is 8.76. The smallest absolute Gasteiger partial charge is 0.416 e. The fourth-order valence-corrected chi connectivity index (χ4v) is 2.86. The van der Waals surface area contributed by atoms with Crippen LogP contribution < -0.4 is 4.74 Å². The zero-order valence-electron chi connectivity index (χ0n) is 15.2. The van der Waals surface area contributed by atoms with Crippen molar-refractivity contribution in [1.82, 2.24) is 24.7 Å². The summed E-state index contributed by atoms with van der Waals surface area (Å²) in [5, 5.41) is 8.06. The topological polar surface area (TPSA) is 65.7 Å². The highest BCUT2D eigenvalue weighted by molar-refractivity contribution is 5.83. The van der Waals surface area contributed by atoms with E-state index in [4.69, 9.17) is 4.74 Å². The SMILES string of the molecule is C=Cc1ccc(-c2nc3cc(C(F)(F)F)ccc3n2-c2ccc(OC)nn2)nc1. The third-order valence-electron chi connectivity index (χ3n) is 4.30. The van der Waals surface area contributed by atoms with E-state index in [0.717, 1.165) is 17.7 Å². The molecule has 6 nitrogen and oxygen atoms in total. The maximum absolute atomic E-state index is 13.1. The lowest BCUT2D eigenvalue weighted by Crippen LogP contribution is -2.05. The molecule has 9 heteroatoms. The molecule has 4 rings (SSSR count). The molecule has 1 aromatic carbocycles. The summed E-state index contributed by atoms with van der Waals surface area (Å²) in [7, 11) is 1.46. The van der Waals surface area contributed by atoms with E-state index in [1.165, 1.54) is 13.2 Å². The lowest BCUT2D eigenvalue weighted by Gasteiger charge is -2.09. The lowest BCUT2D eigenvalue weighted by molar-refractivity contribution is -0.137. The maximum atomic E-state index is 13.1. The lowest BCUT2D eigenvalue weighted by atomic mass is 10.2. The average molecular weight is 397 g/mol. The van der Waals surface area contributed by atoms with Gasteiger partial charge in [0.2, 0.25) is 5.88 Å². The monoisotopic (exact) mass is 397 g/mol. The minimum Gasteiger partial charge on any atom is -0.480 e. The third-order valence-corrected chi connectivity index (χ3v) is 4.30. The van der Waals surface area contributed by atoms with Gasteiger partial charge in [0, 0.05) is 12.3 Å². The predicted molar refractivity (Wildman–Crippen MR) is 102 cm³/mol. The van der Waals surface area contributed by atoms with Gasteiger partial charge in [0.25, 0.3) is 0 Å². The molecule has 0 aliphatic carbocycles. The molecule has 0 unspecified atom stereocenters. The van der Waals surface area contributed by atoms with Crippen molar-refractivity contribution in [1.29, 1.82) is 0 Å². The first-order chi connectivity index (χ1) is 13.9. The molecule has 0 radical (unpaired) electrons. The van der Waals surface area contributed by atoms with E-state index in [-0.39, 0.29) is 5.52 Å². The van der Waals surface area contributed by atoms with Crippen molar-refractivity contribution in [3.05, 3.63) is 66.4 Å². The van der Waals surface area contributed by atoms with Gasteiger partial charge in [-0.05, 0) is 35.9 Å². The van der Waals surface area contributed by atoms with Crippen molar-refractivity contribution in [3.8, 4) is 23.2 Å². The Morgan fingerprint density at radius 2 is 1.90 bits per heavy atom. The molecule has 146 valence electrons. The number of hydrogen-bond donors (Lipinski definition) is 0. The van der Waals surface area contributed by atoms with E-state index in [1.807, 2.05) is 0 Å². The molecule has 0 amide bonds. The Labute approximate surface area is 163 Å². The summed E-state index contributed by atoms with van der Waals surface area (Å²) in [5.41, 5.74) is 1.11. The summed E-state index contributed by atoms with van der Waals surface area (Å²) >= 11 is 0. The number of benzene rings is 1. The van der Waals surface area contributed by atoms with Crippen LogP contribution in [0.25, 0.3) is 34.4 Å². The first-order valence-electron chi connectivity index (χ1n) is 8.47. The second kappa shape index (κ2) is 7.01. The zero-order valence-corrected chi connectivity index (χ0v) is 15.2. The molecule has 0 saturated carbocycles. The molecule has 29 heavy (non-hydrogen) atoms. The Bertz CT molecular complexity index is 1180. The van der Waals surface area contributed by atoms with Gasteiger partial charge in [-0.25, -0.2) is 4.98 Å². The molecular weight excluding hydrogens is 383 g/mol. The molecule has 0 fully saturated rings. The number of methoxy groups -OCH3 is 1. The molecule has 0 aliphatic rings. The van der Waals surface area contributed by atoms with Crippen LogP contribution in [-0.4, -0.2) is 31.8 Å². The first kappa shape index (κ1) is 18.6. The number of alkyl halides is 3. The van der Waals surface area contributed by atoms with Crippen LogP contribution in [0.15, 0.2) is 55.2 Å². The van der Waals surface area contributed by atoms with Crippen molar-refractivity contribution < 1.29 is 17.9 Å². The first-order valence-corrected chi connectivity index (χ1v) is 8.47. The Morgan fingerprint density at radius 3 is 2.48 bits per heavy atom.